The minimum absolute atomic E-state index is 0.274. The van der Waals surface area contributed by atoms with Gasteiger partial charge in [-0.2, -0.15) is 9.71 Å². The number of nitrogens with one attached hydrogen (secondary N) is 1. The Balaban J connectivity index is 1.34. The van der Waals surface area contributed by atoms with Crippen LogP contribution >= 0.6 is 0 Å². The lowest BCUT2D eigenvalue weighted by atomic mass is 9.81. The van der Waals surface area contributed by atoms with Crippen LogP contribution in [0.4, 0.5) is 5.95 Å². The van der Waals surface area contributed by atoms with E-state index >= 15 is 0 Å². The molecule has 1 fully saturated rings. The third-order valence-electron chi connectivity index (χ3n) is 7.97. The van der Waals surface area contributed by atoms with Crippen molar-refractivity contribution >= 4 is 17.3 Å². The number of hydrogen-bond donors (Lipinski definition) is 2. The quantitative estimate of drug-likeness (QED) is 0.315. The molecule has 0 radical (unpaired) electrons. The maximum absolute atomic E-state index is 13.3. The third-order valence-corrected chi connectivity index (χ3v) is 9.02. The first-order chi connectivity index (χ1) is 19.4. The highest BCUT2D eigenvalue weighted by molar-refractivity contribution is 7.92. The number of rotatable bonds is 3. The first kappa shape index (κ1) is 26.6. The molecule has 3 aromatic carbocycles. The monoisotopic (exact) mass is 554 g/mol. The smallest absolute Gasteiger partial charge is 0.269 e. The lowest BCUT2D eigenvalue weighted by molar-refractivity contribution is 0.0746. The fourth-order valence-electron chi connectivity index (χ4n) is 5.99. The number of aromatic hydroxyl groups is 1. The molecular weight excluding hydrogens is 520 g/mol. The van der Waals surface area contributed by atoms with Crippen LogP contribution in [0.3, 0.4) is 0 Å². The van der Waals surface area contributed by atoms with Gasteiger partial charge in [-0.25, -0.2) is 4.98 Å². The first-order valence-electron chi connectivity index (χ1n) is 13.8. The van der Waals surface area contributed by atoms with Gasteiger partial charge < -0.3 is 14.4 Å². The van der Waals surface area contributed by atoms with Crippen LogP contribution in [0.5, 0.6) is 11.6 Å². The first-order valence-corrected chi connectivity index (χ1v) is 14.9. The van der Waals surface area contributed by atoms with E-state index in [9.17, 15) is 9.66 Å². The fourth-order valence-corrected chi connectivity index (χ4v) is 6.82. The summed E-state index contributed by atoms with van der Waals surface area (Å²) in [5, 5.41) is 9.94. The number of aromatic nitrogens is 2. The Labute approximate surface area is 238 Å². The van der Waals surface area contributed by atoms with Gasteiger partial charge in [0.15, 0.2) is 4.90 Å². The van der Waals surface area contributed by atoms with Crippen LogP contribution in [0.2, 0.25) is 0 Å². The molecule has 6 rings (SSSR count). The summed E-state index contributed by atoms with van der Waals surface area (Å²) < 4.78 is 22.8. The zero-order chi connectivity index (χ0) is 27.6. The summed E-state index contributed by atoms with van der Waals surface area (Å²) >= 11 is -1.51. The molecule has 3 heterocycles. The molecule has 1 saturated heterocycles. The fraction of sp³-hybridized carbons (Fsp3) is 0.312. The summed E-state index contributed by atoms with van der Waals surface area (Å²) in [6.07, 6.45) is 1.93. The van der Waals surface area contributed by atoms with E-state index in [0.717, 1.165) is 60.4 Å². The third kappa shape index (κ3) is 5.94. The van der Waals surface area contributed by atoms with E-state index in [-0.39, 0.29) is 11.9 Å². The highest BCUT2D eigenvalue weighted by Gasteiger charge is 2.31. The molecule has 206 valence electrons. The van der Waals surface area contributed by atoms with Gasteiger partial charge in [0, 0.05) is 30.6 Å². The zero-order valence-corrected chi connectivity index (χ0v) is 23.7. The topological polar surface area (TPSA) is 93.6 Å². The molecule has 3 atom stereocenters. The number of benzene rings is 3. The Morgan fingerprint density at radius 3 is 2.62 bits per heavy atom. The standard InChI is InChI=1S/C32H34N4O3S/c1-21-6-3-7-22(2)31(21)29-17-30-34-32(33-29)35-40(38)28-11-5-8-23(16-28)14-25-12-13-36(19-26(25)20-39-30)18-24-9-4-10-27(37)15-24/h3-11,15-17,25-26,37H,12-14,18-20H2,1-2H3,(H,33,34,35)/t25?,26-,40?/m1/s1. The van der Waals surface area contributed by atoms with Crippen LogP contribution in [0.15, 0.2) is 77.7 Å². The van der Waals surface area contributed by atoms with Crippen LogP contribution in [-0.2, 0) is 24.3 Å². The minimum Gasteiger partial charge on any atom is -0.588 e. The van der Waals surface area contributed by atoms with Gasteiger partial charge in [0.1, 0.15) is 17.1 Å². The summed E-state index contributed by atoms with van der Waals surface area (Å²) in [4.78, 5) is 12.5. The summed E-state index contributed by atoms with van der Waals surface area (Å²) in [7, 11) is 0. The molecule has 2 aliphatic heterocycles. The zero-order valence-electron chi connectivity index (χ0n) is 22.8. The molecule has 2 aliphatic rings. The van der Waals surface area contributed by atoms with Crippen molar-refractivity contribution in [3.05, 3.63) is 95.1 Å². The Kier molecular flexibility index (Phi) is 7.65. The van der Waals surface area contributed by atoms with Crippen molar-refractivity contribution in [2.24, 2.45) is 11.8 Å². The Bertz CT molecular complexity index is 1490. The van der Waals surface area contributed by atoms with E-state index in [1.54, 1.807) is 6.07 Å². The predicted molar refractivity (Wildman–Crippen MR) is 158 cm³/mol. The van der Waals surface area contributed by atoms with Gasteiger partial charge in [-0.3, -0.25) is 4.90 Å². The molecule has 2 N–H and O–H groups in total. The average Bonchev–Trinajstić information content (AvgIpc) is 2.93. The number of nitrogens with zero attached hydrogens (tertiary/aromatic N) is 3. The second-order valence-corrected chi connectivity index (χ2v) is 12.1. The second kappa shape index (κ2) is 11.5. The lowest BCUT2D eigenvalue weighted by Gasteiger charge is -2.38. The molecule has 1 aromatic heterocycles. The highest BCUT2D eigenvalue weighted by Crippen LogP contribution is 2.33. The molecule has 2 unspecified atom stereocenters. The van der Waals surface area contributed by atoms with Crippen LogP contribution < -0.4 is 9.46 Å². The van der Waals surface area contributed by atoms with E-state index < -0.39 is 11.4 Å². The Hall–Kier alpha value is -3.59. The molecule has 0 amide bonds. The number of phenols is 1. The Morgan fingerprint density at radius 2 is 1.80 bits per heavy atom. The van der Waals surface area contributed by atoms with Crippen molar-refractivity contribution in [2.75, 3.05) is 24.4 Å². The van der Waals surface area contributed by atoms with Gasteiger partial charge in [-0.15, -0.1) is 0 Å². The maximum atomic E-state index is 13.3. The van der Waals surface area contributed by atoms with Crippen molar-refractivity contribution in [3.8, 4) is 22.9 Å². The SMILES string of the molecule is Cc1cccc(C)c1-c1cc2nc(n1)N[S+]([O-])c1cccc(c1)CC1CCN(Cc3cccc(O)c3)C[C@@H]1CO2. The molecule has 4 aromatic rings. The molecule has 0 spiro atoms. The highest BCUT2D eigenvalue weighted by atomic mass is 32.2. The van der Waals surface area contributed by atoms with Gasteiger partial charge >= 0.3 is 0 Å². The van der Waals surface area contributed by atoms with Gasteiger partial charge in [-0.05, 0) is 85.7 Å². The molecule has 40 heavy (non-hydrogen) atoms. The number of phenolic OH excluding ortho intramolecular Hbond substituents is 1. The number of ether oxygens (including phenoxy) is 1. The normalized spacial score (nSPS) is 21.1. The maximum Gasteiger partial charge on any atom is 0.269 e. The Morgan fingerprint density at radius 1 is 1.00 bits per heavy atom. The van der Waals surface area contributed by atoms with Gasteiger partial charge in [0.25, 0.3) is 5.95 Å². The van der Waals surface area contributed by atoms with Crippen molar-refractivity contribution < 1.29 is 14.4 Å². The van der Waals surface area contributed by atoms with Crippen molar-refractivity contribution in [2.45, 2.75) is 38.1 Å². The molecular formula is C32H34N4O3S. The van der Waals surface area contributed by atoms with Crippen LogP contribution in [0, 0.1) is 25.7 Å². The van der Waals surface area contributed by atoms with E-state index in [2.05, 4.69) is 52.7 Å². The minimum atomic E-state index is -1.51. The number of aryl methyl sites for hydroxylation is 2. The van der Waals surface area contributed by atoms with E-state index in [1.807, 2.05) is 42.5 Å². The number of hydrogen-bond acceptors (Lipinski definition) is 7. The molecule has 8 heteroatoms. The number of likely N-dealkylation sites (tertiary alicyclic amines) is 1. The molecule has 4 bridgehead atoms. The van der Waals surface area contributed by atoms with E-state index in [0.29, 0.717) is 29.0 Å². The largest absolute Gasteiger partial charge is 0.588 e. The average molecular weight is 555 g/mol. The van der Waals surface area contributed by atoms with Crippen molar-refractivity contribution in [3.63, 3.8) is 0 Å². The van der Waals surface area contributed by atoms with Crippen molar-refractivity contribution in [1.82, 2.24) is 14.9 Å². The van der Waals surface area contributed by atoms with Gasteiger partial charge in [0.05, 0.1) is 12.3 Å². The van der Waals surface area contributed by atoms with Gasteiger partial charge in [-0.1, -0.05) is 42.5 Å². The van der Waals surface area contributed by atoms with Crippen LogP contribution in [0.25, 0.3) is 11.3 Å². The number of fused-ring (bicyclic) bond motifs is 5. The van der Waals surface area contributed by atoms with E-state index in [4.69, 9.17) is 9.72 Å². The molecule has 0 aliphatic carbocycles. The van der Waals surface area contributed by atoms with Crippen LogP contribution in [0.1, 0.15) is 28.7 Å². The summed E-state index contributed by atoms with van der Waals surface area (Å²) in [5.41, 5.74) is 6.27. The van der Waals surface area contributed by atoms with Crippen molar-refractivity contribution in [1.29, 1.82) is 0 Å². The number of anilines is 1. The second-order valence-electron chi connectivity index (χ2n) is 10.9. The molecule has 0 saturated carbocycles. The predicted octanol–water partition coefficient (Wildman–Crippen LogP) is 5.67. The lowest BCUT2D eigenvalue weighted by Crippen LogP contribution is -2.43. The number of piperidine rings is 1. The van der Waals surface area contributed by atoms with E-state index in [1.165, 1.54) is 5.56 Å². The summed E-state index contributed by atoms with van der Waals surface area (Å²) in [6, 6.07) is 23.6. The summed E-state index contributed by atoms with van der Waals surface area (Å²) in [5.74, 6) is 1.74. The van der Waals surface area contributed by atoms with Gasteiger partial charge in [0.2, 0.25) is 5.88 Å². The van der Waals surface area contributed by atoms with Crippen LogP contribution in [-0.4, -0.2) is 44.2 Å². The summed E-state index contributed by atoms with van der Waals surface area (Å²) in [6.45, 7) is 7.29. The molecule has 7 nitrogen and oxygen atoms in total.